The molecule has 0 bridgehead atoms. The first-order chi connectivity index (χ1) is 18.4. The summed E-state index contributed by atoms with van der Waals surface area (Å²) in [6, 6.07) is 25.8. The Balaban J connectivity index is 1.57. The Morgan fingerprint density at radius 3 is 2.21 bits per heavy atom. The zero-order valence-electron chi connectivity index (χ0n) is 24.2. The zero-order chi connectivity index (χ0) is 27.7. The molecule has 0 fully saturated rings. The van der Waals surface area contributed by atoms with E-state index in [-0.39, 0.29) is 10.8 Å². The molecule has 0 aliphatic carbocycles. The van der Waals surface area contributed by atoms with Gasteiger partial charge in [-0.25, -0.2) is 4.98 Å². The maximum atomic E-state index is 6.59. The Hall–Kier alpha value is -4.05. The summed E-state index contributed by atoms with van der Waals surface area (Å²) in [5, 5.41) is 3.30. The van der Waals surface area contributed by atoms with Gasteiger partial charge in [-0.2, -0.15) is 4.57 Å². The van der Waals surface area contributed by atoms with Crippen LogP contribution >= 0.6 is 0 Å². The lowest BCUT2D eigenvalue weighted by Crippen LogP contribution is -2.32. The minimum absolute atomic E-state index is 0.00294. The predicted octanol–water partition coefficient (Wildman–Crippen LogP) is 8.59. The van der Waals surface area contributed by atoms with Crippen molar-refractivity contribution in [2.45, 2.75) is 59.3 Å². The van der Waals surface area contributed by atoms with E-state index in [0.717, 1.165) is 44.7 Å². The molecular weight excluding hydrogens is 478 g/mol. The van der Waals surface area contributed by atoms with Gasteiger partial charge in [0.25, 0.3) is 0 Å². The van der Waals surface area contributed by atoms with Crippen LogP contribution in [0.3, 0.4) is 0 Å². The fourth-order valence-corrected chi connectivity index (χ4v) is 5.35. The lowest BCUT2D eigenvalue weighted by molar-refractivity contribution is -0.633. The average molecular weight is 515 g/mol. The Morgan fingerprint density at radius 1 is 0.718 bits per heavy atom. The van der Waals surface area contributed by atoms with Gasteiger partial charge in [-0.15, -0.1) is 0 Å². The number of pyridine rings is 3. The molecule has 0 radical (unpaired) electrons. The van der Waals surface area contributed by atoms with Crippen LogP contribution in [0.2, 0.25) is 0 Å². The van der Waals surface area contributed by atoms with Crippen molar-refractivity contribution < 1.29 is 8.98 Å². The van der Waals surface area contributed by atoms with Gasteiger partial charge in [-0.1, -0.05) is 65.8 Å². The Bertz CT molecular complexity index is 1870. The molecule has 4 aromatic heterocycles. The van der Waals surface area contributed by atoms with E-state index in [1.54, 1.807) is 0 Å². The molecule has 0 saturated heterocycles. The van der Waals surface area contributed by atoms with Crippen molar-refractivity contribution in [2.75, 3.05) is 0 Å². The molecule has 0 unspecified atom stereocenters. The number of furan rings is 1. The van der Waals surface area contributed by atoms with Crippen LogP contribution in [0.25, 0.3) is 55.6 Å². The van der Waals surface area contributed by atoms with Gasteiger partial charge < -0.3 is 4.42 Å². The number of benzene rings is 2. The third-order valence-corrected chi connectivity index (χ3v) is 7.77. The second-order valence-electron chi connectivity index (χ2n) is 12.7. The molecule has 39 heavy (non-hydrogen) atoms. The Labute approximate surface area is 230 Å². The number of aromatic nitrogens is 3. The van der Waals surface area contributed by atoms with Gasteiger partial charge >= 0.3 is 0 Å². The van der Waals surface area contributed by atoms with Crippen molar-refractivity contribution in [3.63, 3.8) is 0 Å². The van der Waals surface area contributed by atoms with E-state index in [2.05, 4.69) is 133 Å². The van der Waals surface area contributed by atoms with Crippen LogP contribution < -0.4 is 4.57 Å². The Kier molecular flexibility index (Phi) is 5.65. The number of para-hydroxylation sites is 1. The monoisotopic (exact) mass is 514 g/mol. The molecular formula is C35H36N3O+. The van der Waals surface area contributed by atoms with Crippen molar-refractivity contribution in [3.8, 4) is 22.6 Å². The van der Waals surface area contributed by atoms with Crippen molar-refractivity contribution in [3.05, 3.63) is 89.6 Å². The normalized spacial score (nSPS) is 12.6. The summed E-state index contributed by atoms with van der Waals surface area (Å²) in [5.41, 5.74) is 10.0. The molecule has 4 heteroatoms. The molecule has 4 nitrogen and oxygen atoms in total. The lowest BCUT2D eigenvalue weighted by Gasteiger charge is -2.25. The first-order valence-corrected chi connectivity index (χ1v) is 13.7. The van der Waals surface area contributed by atoms with Crippen LogP contribution in [0, 0.1) is 6.92 Å². The highest BCUT2D eigenvalue weighted by Gasteiger charge is 2.25. The number of nitrogens with zero attached hydrogens (tertiary/aromatic N) is 3. The van der Waals surface area contributed by atoms with Crippen LogP contribution in [0.4, 0.5) is 0 Å². The Morgan fingerprint density at radius 2 is 1.46 bits per heavy atom. The van der Waals surface area contributed by atoms with Crippen molar-refractivity contribution in [1.29, 1.82) is 0 Å². The first-order valence-electron chi connectivity index (χ1n) is 13.7. The largest absolute Gasteiger partial charge is 0.437 e. The second kappa shape index (κ2) is 8.74. The van der Waals surface area contributed by atoms with E-state index in [4.69, 9.17) is 14.4 Å². The van der Waals surface area contributed by atoms with Gasteiger partial charge in [0.2, 0.25) is 16.9 Å². The minimum atomic E-state index is -0.0682. The van der Waals surface area contributed by atoms with E-state index in [9.17, 15) is 0 Å². The van der Waals surface area contributed by atoms with E-state index in [0.29, 0.717) is 5.71 Å². The van der Waals surface area contributed by atoms with E-state index < -0.39 is 0 Å². The van der Waals surface area contributed by atoms with Crippen molar-refractivity contribution in [1.82, 2.24) is 9.97 Å². The summed E-state index contributed by atoms with van der Waals surface area (Å²) in [6.07, 6.45) is 0. The van der Waals surface area contributed by atoms with Crippen LogP contribution in [0.1, 0.15) is 58.4 Å². The van der Waals surface area contributed by atoms with Gasteiger partial charge in [0.15, 0.2) is 5.58 Å². The number of rotatable bonds is 2. The molecule has 2 aromatic carbocycles. The number of hydrogen-bond acceptors (Lipinski definition) is 3. The summed E-state index contributed by atoms with van der Waals surface area (Å²) >= 11 is 0. The van der Waals surface area contributed by atoms with E-state index in [1.807, 2.05) is 0 Å². The van der Waals surface area contributed by atoms with Gasteiger partial charge in [-0.3, -0.25) is 4.98 Å². The van der Waals surface area contributed by atoms with Crippen molar-refractivity contribution in [2.24, 2.45) is 7.05 Å². The third kappa shape index (κ3) is 4.28. The molecule has 4 heterocycles. The lowest BCUT2D eigenvalue weighted by atomic mass is 9.83. The topological polar surface area (TPSA) is 42.8 Å². The first kappa shape index (κ1) is 25.2. The van der Waals surface area contributed by atoms with Crippen molar-refractivity contribution >= 4 is 33.0 Å². The van der Waals surface area contributed by atoms with Gasteiger partial charge in [0.05, 0.1) is 17.0 Å². The summed E-state index contributed by atoms with van der Waals surface area (Å²) in [6.45, 7) is 15.5. The standard InChI is InChI=1S/C35H36N3O/c1-21-13-15-24-25-16-17-26(27-19-23(34(2,3)4)20-30(36-27)35(5,6)7)37-33(25)39-32(24)31(21)29-18-14-22-11-9-10-12-28(22)38(29)8/h9-20H,1-8H3/q+1. The smallest absolute Gasteiger partial charge is 0.227 e. The van der Waals surface area contributed by atoms with Crippen LogP contribution in [0.15, 0.2) is 77.2 Å². The van der Waals surface area contributed by atoms with Gasteiger partial charge in [0, 0.05) is 39.4 Å². The maximum absolute atomic E-state index is 6.59. The molecule has 0 atom stereocenters. The van der Waals surface area contributed by atoms with Gasteiger partial charge in [0.1, 0.15) is 7.05 Å². The van der Waals surface area contributed by atoms with Crippen LogP contribution in [-0.4, -0.2) is 9.97 Å². The van der Waals surface area contributed by atoms with Crippen LogP contribution in [-0.2, 0) is 17.9 Å². The van der Waals surface area contributed by atoms with E-state index >= 15 is 0 Å². The molecule has 0 amide bonds. The second-order valence-corrected chi connectivity index (χ2v) is 12.7. The summed E-state index contributed by atoms with van der Waals surface area (Å²) in [5.74, 6) is 0. The molecule has 0 aliphatic rings. The predicted molar refractivity (Wildman–Crippen MR) is 161 cm³/mol. The number of hydrogen-bond donors (Lipinski definition) is 0. The fraction of sp³-hybridized carbons (Fsp3) is 0.286. The summed E-state index contributed by atoms with van der Waals surface area (Å²) in [7, 11) is 2.12. The molecule has 0 saturated carbocycles. The molecule has 0 N–H and O–H groups in total. The molecule has 6 aromatic rings. The highest BCUT2D eigenvalue weighted by Crippen LogP contribution is 2.38. The zero-order valence-corrected chi connectivity index (χ0v) is 24.2. The molecule has 0 aliphatic heterocycles. The average Bonchev–Trinajstić information content (AvgIpc) is 3.26. The summed E-state index contributed by atoms with van der Waals surface area (Å²) < 4.78 is 8.84. The van der Waals surface area contributed by atoms with Gasteiger partial charge in [-0.05, 0) is 59.9 Å². The SMILES string of the molecule is Cc1ccc2c(oc3nc(-c4cc(C(C)(C)C)cc(C(C)(C)C)n4)ccc32)c1-c1ccc2ccccc2[n+]1C. The maximum Gasteiger partial charge on any atom is 0.227 e. The number of aryl methyl sites for hydroxylation is 2. The highest BCUT2D eigenvalue weighted by atomic mass is 16.3. The highest BCUT2D eigenvalue weighted by molar-refractivity contribution is 6.09. The fourth-order valence-electron chi connectivity index (χ4n) is 5.35. The van der Waals surface area contributed by atoms with Crippen LogP contribution in [0.5, 0.6) is 0 Å². The molecule has 0 spiro atoms. The molecule has 6 rings (SSSR count). The quantitative estimate of drug-likeness (QED) is 0.217. The third-order valence-electron chi connectivity index (χ3n) is 7.77. The van der Waals surface area contributed by atoms with E-state index in [1.165, 1.54) is 22.0 Å². The molecule has 196 valence electrons. The minimum Gasteiger partial charge on any atom is -0.437 e. The number of fused-ring (bicyclic) bond motifs is 4. The summed E-state index contributed by atoms with van der Waals surface area (Å²) in [4.78, 5) is 10.1.